The Morgan fingerprint density at radius 1 is 1.73 bits per heavy atom. The van der Waals surface area contributed by atoms with E-state index in [2.05, 4.69) is 9.98 Å². The molecular weight excluding hydrogens is 160 g/mol. The Balaban J connectivity index is 2.71. The Bertz CT molecular complexity index is 237. The van der Waals surface area contributed by atoms with Crippen molar-refractivity contribution >= 4 is 17.3 Å². The second-order valence-corrected chi connectivity index (χ2v) is 3.03. The van der Waals surface area contributed by atoms with Gasteiger partial charge in [-0.25, -0.2) is 9.98 Å². The third-order valence-electron chi connectivity index (χ3n) is 1.15. The highest BCUT2D eigenvalue weighted by molar-refractivity contribution is 7.09. The van der Waals surface area contributed by atoms with E-state index in [0.717, 1.165) is 5.01 Å². The van der Waals surface area contributed by atoms with Crippen LogP contribution in [-0.2, 0) is 0 Å². The largest absolute Gasteiger partial charge is 0.370 e. The molecule has 1 rings (SSSR count). The van der Waals surface area contributed by atoms with Crippen molar-refractivity contribution in [3.63, 3.8) is 0 Å². The number of guanidine groups is 1. The average molecular weight is 170 g/mol. The van der Waals surface area contributed by atoms with Crippen molar-refractivity contribution in [2.75, 3.05) is 0 Å². The van der Waals surface area contributed by atoms with Crippen molar-refractivity contribution in [1.82, 2.24) is 4.98 Å². The van der Waals surface area contributed by atoms with Crippen LogP contribution in [0.25, 0.3) is 0 Å². The van der Waals surface area contributed by atoms with E-state index in [1.807, 2.05) is 12.3 Å². The van der Waals surface area contributed by atoms with Gasteiger partial charge in [-0.2, -0.15) is 0 Å². The molecule has 0 amide bonds. The van der Waals surface area contributed by atoms with Crippen LogP contribution in [0.1, 0.15) is 18.0 Å². The molecule has 0 saturated carbocycles. The molecule has 1 heterocycles. The van der Waals surface area contributed by atoms with Gasteiger partial charge in [-0.1, -0.05) is 0 Å². The van der Waals surface area contributed by atoms with Crippen LogP contribution < -0.4 is 11.5 Å². The molecule has 0 aliphatic heterocycles. The zero-order valence-corrected chi connectivity index (χ0v) is 7.01. The SMILES string of the molecule is CC(N=C(N)N)c1nccs1. The van der Waals surface area contributed by atoms with Gasteiger partial charge in [0.05, 0.1) is 0 Å². The van der Waals surface area contributed by atoms with Crippen molar-refractivity contribution < 1.29 is 0 Å². The van der Waals surface area contributed by atoms with E-state index in [0.29, 0.717) is 0 Å². The number of hydrogen-bond acceptors (Lipinski definition) is 3. The Kier molecular flexibility index (Phi) is 2.43. The molecule has 4 N–H and O–H groups in total. The minimum absolute atomic E-state index is 0.0278. The Morgan fingerprint density at radius 2 is 2.45 bits per heavy atom. The maximum absolute atomic E-state index is 5.20. The molecule has 1 aromatic heterocycles. The minimum atomic E-state index is -0.0278. The van der Waals surface area contributed by atoms with Crippen molar-refractivity contribution in [1.29, 1.82) is 0 Å². The van der Waals surface area contributed by atoms with E-state index in [1.54, 1.807) is 17.5 Å². The Labute approximate surface area is 69.0 Å². The zero-order chi connectivity index (χ0) is 8.27. The highest BCUT2D eigenvalue weighted by atomic mass is 32.1. The molecule has 4 nitrogen and oxygen atoms in total. The Hall–Kier alpha value is -1.10. The first-order valence-electron chi connectivity index (χ1n) is 3.18. The van der Waals surface area contributed by atoms with Crippen molar-refractivity contribution in [3.8, 4) is 0 Å². The summed E-state index contributed by atoms with van der Waals surface area (Å²) in [5.41, 5.74) is 10.4. The van der Waals surface area contributed by atoms with Crippen LogP contribution >= 0.6 is 11.3 Å². The second-order valence-electron chi connectivity index (χ2n) is 2.10. The number of nitrogens with two attached hydrogens (primary N) is 2. The zero-order valence-electron chi connectivity index (χ0n) is 6.19. The van der Waals surface area contributed by atoms with Gasteiger partial charge < -0.3 is 11.5 Å². The first-order chi connectivity index (χ1) is 5.20. The molecule has 5 heteroatoms. The standard InChI is InChI=1S/C6H10N4S/c1-4(10-6(7)8)5-9-2-3-11-5/h2-4H,1H3,(H4,7,8,10). The fraction of sp³-hybridized carbons (Fsp3) is 0.333. The summed E-state index contributed by atoms with van der Waals surface area (Å²) in [6, 6.07) is -0.0278. The lowest BCUT2D eigenvalue weighted by Gasteiger charge is -2.00. The monoisotopic (exact) mass is 170 g/mol. The first-order valence-corrected chi connectivity index (χ1v) is 4.06. The van der Waals surface area contributed by atoms with Crippen molar-refractivity contribution in [2.45, 2.75) is 13.0 Å². The van der Waals surface area contributed by atoms with Gasteiger partial charge in [-0.3, -0.25) is 0 Å². The lowest BCUT2D eigenvalue weighted by atomic mass is 10.4. The van der Waals surface area contributed by atoms with Crippen LogP contribution in [0, 0.1) is 0 Å². The van der Waals surface area contributed by atoms with E-state index >= 15 is 0 Å². The predicted octanol–water partition coefficient (Wildman–Crippen LogP) is 0.477. The number of thiazole rings is 1. The number of aromatic nitrogens is 1. The van der Waals surface area contributed by atoms with E-state index in [-0.39, 0.29) is 12.0 Å². The maximum atomic E-state index is 5.20. The molecule has 0 bridgehead atoms. The molecule has 0 aliphatic rings. The van der Waals surface area contributed by atoms with Gasteiger partial charge in [0.15, 0.2) is 5.96 Å². The Morgan fingerprint density at radius 3 is 2.91 bits per heavy atom. The maximum Gasteiger partial charge on any atom is 0.186 e. The summed E-state index contributed by atoms with van der Waals surface area (Å²) in [7, 11) is 0. The molecule has 1 unspecified atom stereocenters. The summed E-state index contributed by atoms with van der Waals surface area (Å²) in [5.74, 6) is 0.104. The van der Waals surface area contributed by atoms with Crippen LogP contribution in [0.15, 0.2) is 16.6 Å². The number of nitrogens with zero attached hydrogens (tertiary/aromatic N) is 2. The third kappa shape index (κ3) is 2.19. The van der Waals surface area contributed by atoms with Gasteiger partial charge >= 0.3 is 0 Å². The summed E-state index contributed by atoms with van der Waals surface area (Å²) >= 11 is 1.54. The van der Waals surface area contributed by atoms with E-state index in [9.17, 15) is 0 Å². The van der Waals surface area contributed by atoms with Gasteiger partial charge in [-0.15, -0.1) is 11.3 Å². The second kappa shape index (κ2) is 3.34. The quantitative estimate of drug-likeness (QED) is 0.500. The molecular formula is C6H10N4S. The first kappa shape index (κ1) is 8.00. The van der Waals surface area contributed by atoms with E-state index < -0.39 is 0 Å². The number of rotatable bonds is 2. The highest BCUT2D eigenvalue weighted by Gasteiger charge is 2.04. The number of aliphatic imine (C=N–C) groups is 1. The predicted molar refractivity (Wildman–Crippen MR) is 46.3 cm³/mol. The summed E-state index contributed by atoms with van der Waals surface area (Å²) in [6.45, 7) is 1.90. The lowest BCUT2D eigenvalue weighted by molar-refractivity contribution is 0.805. The molecule has 0 aromatic carbocycles. The lowest BCUT2D eigenvalue weighted by Crippen LogP contribution is -2.23. The van der Waals surface area contributed by atoms with Gasteiger partial charge in [0, 0.05) is 11.6 Å². The summed E-state index contributed by atoms with van der Waals surface area (Å²) < 4.78 is 0. The van der Waals surface area contributed by atoms with Gasteiger partial charge in [0.25, 0.3) is 0 Å². The van der Waals surface area contributed by atoms with Crippen LogP contribution in [0.4, 0.5) is 0 Å². The van der Waals surface area contributed by atoms with Crippen molar-refractivity contribution in [3.05, 3.63) is 16.6 Å². The fourth-order valence-electron chi connectivity index (χ4n) is 0.720. The third-order valence-corrected chi connectivity index (χ3v) is 2.10. The van der Waals surface area contributed by atoms with Gasteiger partial charge in [0.1, 0.15) is 11.0 Å². The average Bonchev–Trinajstić information content (AvgIpc) is 2.35. The van der Waals surface area contributed by atoms with Gasteiger partial charge in [0.2, 0.25) is 0 Å². The molecule has 1 atom stereocenters. The normalized spacial score (nSPS) is 12.5. The molecule has 0 saturated heterocycles. The molecule has 0 aliphatic carbocycles. The van der Waals surface area contributed by atoms with Crippen molar-refractivity contribution in [2.24, 2.45) is 16.5 Å². The topological polar surface area (TPSA) is 77.3 Å². The van der Waals surface area contributed by atoms with Crippen LogP contribution in [0.2, 0.25) is 0 Å². The molecule has 0 radical (unpaired) electrons. The molecule has 60 valence electrons. The minimum Gasteiger partial charge on any atom is -0.370 e. The molecule has 0 spiro atoms. The summed E-state index contributed by atoms with van der Waals surface area (Å²) in [6.07, 6.45) is 1.73. The van der Waals surface area contributed by atoms with Crippen LogP contribution in [0.5, 0.6) is 0 Å². The van der Waals surface area contributed by atoms with Crippen LogP contribution in [0.3, 0.4) is 0 Å². The molecule has 11 heavy (non-hydrogen) atoms. The fourth-order valence-corrected chi connectivity index (χ4v) is 1.35. The summed E-state index contributed by atoms with van der Waals surface area (Å²) in [4.78, 5) is 8.01. The van der Waals surface area contributed by atoms with Gasteiger partial charge in [-0.05, 0) is 6.92 Å². The smallest absolute Gasteiger partial charge is 0.186 e. The molecule has 0 fully saturated rings. The van der Waals surface area contributed by atoms with E-state index in [1.165, 1.54) is 0 Å². The highest BCUT2D eigenvalue weighted by Crippen LogP contribution is 2.17. The number of hydrogen-bond donors (Lipinski definition) is 2. The molecule has 1 aromatic rings. The van der Waals surface area contributed by atoms with Crippen LogP contribution in [-0.4, -0.2) is 10.9 Å². The van der Waals surface area contributed by atoms with E-state index in [4.69, 9.17) is 11.5 Å². The summed E-state index contributed by atoms with van der Waals surface area (Å²) in [5, 5.41) is 2.83.